The smallest absolute Gasteiger partial charge is 0.321 e. The molecule has 0 aromatic carbocycles. The number of carbonyl (C=O) groups excluding carboxylic acids is 1. The molecule has 2 fully saturated rings. The Morgan fingerprint density at radius 1 is 1.56 bits per heavy atom. The highest BCUT2D eigenvalue weighted by Crippen LogP contribution is 2.50. The molecule has 0 amide bonds. The van der Waals surface area contributed by atoms with Crippen LogP contribution in [-0.4, -0.2) is 23.2 Å². The predicted octanol–water partition coefficient (Wildman–Crippen LogP) is 1.40. The molecule has 1 aromatic rings. The molecule has 3 rings (SSSR count). The number of hydrogen-bond acceptors (Lipinski definition) is 5. The fourth-order valence-electron chi connectivity index (χ4n) is 2.09. The summed E-state index contributed by atoms with van der Waals surface area (Å²) in [7, 11) is 1.39. The highest BCUT2D eigenvalue weighted by atomic mass is 16.5. The number of rotatable bonds is 3. The van der Waals surface area contributed by atoms with E-state index in [1.54, 1.807) is 0 Å². The second kappa shape index (κ2) is 3.06. The van der Waals surface area contributed by atoms with Gasteiger partial charge >= 0.3 is 5.97 Å². The van der Waals surface area contributed by atoms with Crippen molar-refractivity contribution in [2.75, 3.05) is 7.11 Å². The van der Waals surface area contributed by atoms with Gasteiger partial charge in [-0.1, -0.05) is 12.1 Å². The maximum absolute atomic E-state index is 11.6. The summed E-state index contributed by atoms with van der Waals surface area (Å²) in [5, 5.41) is 3.96. The molecular formula is C11H14N2O3. The Labute approximate surface area is 93.2 Å². The maximum Gasteiger partial charge on any atom is 0.321 e. The van der Waals surface area contributed by atoms with Gasteiger partial charge in [0, 0.05) is 5.92 Å². The summed E-state index contributed by atoms with van der Waals surface area (Å²) < 4.78 is 9.97. The lowest BCUT2D eigenvalue weighted by Crippen LogP contribution is -2.22. The maximum atomic E-state index is 11.6. The van der Waals surface area contributed by atoms with E-state index in [0.29, 0.717) is 17.7 Å². The van der Waals surface area contributed by atoms with Crippen molar-refractivity contribution in [2.45, 2.75) is 37.5 Å². The summed E-state index contributed by atoms with van der Waals surface area (Å²) in [5.74, 6) is 1.99. The lowest BCUT2D eigenvalue weighted by atomic mass is 10.1. The number of carbonyl (C=O) groups is 1. The summed E-state index contributed by atoms with van der Waals surface area (Å²) in [6, 6.07) is 0. The van der Waals surface area contributed by atoms with Gasteiger partial charge in [-0.15, -0.1) is 0 Å². The van der Waals surface area contributed by atoms with E-state index in [4.69, 9.17) is 9.26 Å². The number of hydrogen-bond donors (Lipinski definition) is 0. The van der Waals surface area contributed by atoms with Crippen LogP contribution in [0.15, 0.2) is 4.52 Å². The molecule has 0 radical (unpaired) electrons. The molecule has 1 heterocycles. The van der Waals surface area contributed by atoms with E-state index in [9.17, 15) is 4.79 Å². The highest BCUT2D eigenvalue weighted by molar-refractivity contribution is 5.85. The fourth-order valence-corrected chi connectivity index (χ4v) is 2.09. The molecular weight excluding hydrogens is 208 g/mol. The molecule has 0 bridgehead atoms. The van der Waals surface area contributed by atoms with Crippen LogP contribution in [0.5, 0.6) is 0 Å². The Morgan fingerprint density at radius 3 is 2.75 bits per heavy atom. The lowest BCUT2D eigenvalue weighted by molar-refractivity contribution is -0.144. The summed E-state index contributed by atoms with van der Waals surface area (Å²) in [6.45, 7) is 2.16. The number of aromatic nitrogens is 2. The average Bonchev–Trinajstić information content (AvgIpc) is 3.19. The zero-order chi connectivity index (χ0) is 11.3. The third-order valence-corrected chi connectivity index (χ3v) is 3.62. The van der Waals surface area contributed by atoms with E-state index in [-0.39, 0.29) is 5.97 Å². The molecule has 0 saturated heterocycles. The standard InChI is InChI=1S/C11H14N2O3/c1-6-5-7(6)8-12-9(16-13-8)11(3-4-11)10(14)15-2/h6-7H,3-5H2,1-2H3. The summed E-state index contributed by atoms with van der Waals surface area (Å²) in [4.78, 5) is 16.0. The van der Waals surface area contributed by atoms with E-state index in [2.05, 4.69) is 17.1 Å². The Bertz CT molecular complexity index is 436. The van der Waals surface area contributed by atoms with Crippen molar-refractivity contribution in [1.82, 2.24) is 10.1 Å². The van der Waals surface area contributed by atoms with Crippen molar-refractivity contribution in [3.63, 3.8) is 0 Å². The van der Waals surface area contributed by atoms with Gasteiger partial charge in [0.15, 0.2) is 5.82 Å². The normalized spacial score (nSPS) is 29.9. The zero-order valence-electron chi connectivity index (χ0n) is 9.40. The number of nitrogens with zero attached hydrogens (tertiary/aromatic N) is 2. The summed E-state index contributed by atoms with van der Waals surface area (Å²) >= 11 is 0. The molecule has 16 heavy (non-hydrogen) atoms. The van der Waals surface area contributed by atoms with Crippen LogP contribution < -0.4 is 0 Å². The number of ether oxygens (including phenoxy) is 1. The minimum atomic E-state index is -0.627. The Balaban J connectivity index is 1.85. The lowest BCUT2D eigenvalue weighted by Gasteiger charge is -2.05. The van der Waals surface area contributed by atoms with Crippen LogP contribution in [0.3, 0.4) is 0 Å². The molecule has 2 unspecified atom stereocenters. The minimum absolute atomic E-state index is 0.258. The molecule has 5 nitrogen and oxygen atoms in total. The molecule has 0 aliphatic heterocycles. The number of methoxy groups -OCH3 is 1. The molecule has 2 aliphatic rings. The largest absolute Gasteiger partial charge is 0.468 e. The van der Waals surface area contributed by atoms with Crippen LogP contribution >= 0.6 is 0 Å². The van der Waals surface area contributed by atoms with Gasteiger partial charge in [0.25, 0.3) is 0 Å². The Kier molecular flexibility index (Phi) is 1.87. The quantitative estimate of drug-likeness (QED) is 0.723. The molecule has 5 heteroatoms. The highest BCUT2D eigenvalue weighted by Gasteiger charge is 2.58. The van der Waals surface area contributed by atoms with Crippen LogP contribution in [0.2, 0.25) is 0 Å². The third kappa shape index (κ3) is 1.27. The molecule has 86 valence electrons. The van der Waals surface area contributed by atoms with Crippen molar-refractivity contribution in [1.29, 1.82) is 0 Å². The van der Waals surface area contributed by atoms with Gasteiger partial charge in [-0.2, -0.15) is 4.98 Å². The van der Waals surface area contributed by atoms with E-state index in [1.807, 2.05) is 0 Å². The molecule has 2 saturated carbocycles. The second-order valence-corrected chi connectivity index (χ2v) is 4.85. The van der Waals surface area contributed by atoms with Crippen molar-refractivity contribution >= 4 is 5.97 Å². The predicted molar refractivity (Wildman–Crippen MR) is 53.7 cm³/mol. The van der Waals surface area contributed by atoms with Crippen molar-refractivity contribution in [3.05, 3.63) is 11.7 Å². The fraction of sp³-hybridized carbons (Fsp3) is 0.727. The summed E-state index contributed by atoms with van der Waals surface area (Å²) in [6.07, 6.45) is 2.62. The monoisotopic (exact) mass is 222 g/mol. The molecule has 1 aromatic heterocycles. The van der Waals surface area contributed by atoms with Crippen LogP contribution in [0.4, 0.5) is 0 Å². The molecule has 2 aliphatic carbocycles. The Morgan fingerprint density at radius 2 is 2.25 bits per heavy atom. The number of esters is 1. The van der Waals surface area contributed by atoms with Gasteiger partial charge in [-0.05, 0) is 25.2 Å². The van der Waals surface area contributed by atoms with E-state index >= 15 is 0 Å². The first-order valence-electron chi connectivity index (χ1n) is 5.60. The molecule has 2 atom stereocenters. The van der Waals surface area contributed by atoms with Crippen LogP contribution in [0.25, 0.3) is 0 Å². The van der Waals surface area contributed by atoms with Gasteiger partial charge in [-0.25, -0.2) is 0 Å². The minimum Gasteiger partial charge on any atom is -0.468 e. The third-order valence-electron chi connectivity index (χ3n) is 3.62. The average molecular weight is 222 g/mol. The first kappa shape index (κ1) is 9.81. The van der Waals surface area contributed by atoms with Gasteiger partial charge in [0.1, 0.15) is 5.41 Å². The second-order valence-electron chi connectivity index (χ2n) is 4.85. The Hall–Kier alpha value is -1.39. The van der Waals surface area contributed by atoms with Gasteiger partial charge in [0.05, 0.1) is 7.11 Å². The van der Waals surface area contributed by atoms with Crippen LogP contribution in [0.1, 0.15) is 43.8 Å². The van der Waals surface area contributed by atoms with Crippen molar-refractivity contribution in [2.24, 2.45) is 5.92 Å². The first-order chi connectivity index (χ1) is 7.67. The van der Waals surface area contributed by atoms with E-state index in [0.717, 1.165) is 25.1 Å². The van der Waals surface area contributed by atoms with Crippen molar-refractivity contribution in [3.8, 4) is 0 Å². The van der Waals surface area contributed by atoms with Crippen LogP contribution in [-0.2, 0) is 14.9 Å². The SMILES string of the molecule is COC(=O)C1(c2nc(C3CC3C)no2)CC1. The van der Waals surface area contributed by atoms with Gasteiger partial charge in [0.2, 0.25) is 5.89 Å². The topological polar surface area (TPSA) is 65.2 Å². The summed E-state index contributed by atoms with van der Waals surface area (Å²) in [5.41, 5.74) is -0.627. The van der Waals surface area contributed by atoms with E-state index in [1.165, 1.54) is 7.11 Å². The van der Waals surface area contributed by atoms with Gasteiger partial charge in [-0.3, -0.25) is 4.79 Å². The zero-order valence-corrected chi connectivity index (χ0v) is 9.40. The van der Waals surface area contributed by atoms with Gasteiger partial charge < -0.3 is 9.26 Å². The molecule has 0 spiro atoms. The van der Waals surface area contributed by atoms with Crippen molar-refractivity contribution < 1.29 is 14.1 Å². The van der Waals surface area contributed by atoms with Crippen LogP contribution in [0, 0.1) is 5.92 Å². The molecule has 0 N–H and O–H groups in total. The van der Waals surface area contributed by atoms with E-state index < -0.39 is 5.41 Å². The first-order valence-corrected chi connectivity index (χ1v) is 5.60.